The lowest BCUT2D eigenvalue weighted by molar-refractivity contribution is -0.115. The van der Waals surface area contributed by atoms with Gasteiger partial charge in [-0.25, -0.2) is 0 Å². The molecule has 1 fully saturated rings. The molecule has 0 amide bonds. The molecule has 1 aliphatic heterocycles. The average Bonchev–Trinajstić information content (AvgIpc) is 2.51. The zero-order valence-corrected chi connectivity index (χ0v) is 9.92. The third kappa shape index (κ3) is 2.81. The van der Waals surface area contributed by atoms with Crippen LogP contribution in [0.4, 0.5) is 0 Å². The van der Waals surface area contributed by atoms with E-state index in [-0.39, 0.29) is 5.41 Å². The van der Waals surface area contributed by atoms with E-state index in [1.807, 2.05) is 13.8 Å². The molecule has 1 rings (SSSR count). The largest absolute Gasteiger partial charge is 0.303 e. The first-order chi connectivity index (χ1) is 6.46. The molecule has 0 unspecified atom stereocenters. The Morgan fingerprint density at radius 1 is 1.50 bits per heavy atom. The molecule has 0 aliphatic carbocycles. The van der Waals surface area contributed by atoms with Crippen LogP contribution in [0.15, 0.2) is 0 Å². The Hall–Kier alpha value is -0.370. The molecule has 2 nitrogen and oxygen atoms in total. The van der Waals surface area contributed by atoms with Crippen LogP contribution < -0.4 is 0 Å². The van der Waals surface area contributed by atoms with E-state index < -0.39 is 0 Å². The highest BCUT2D eigenvalue weighted by Crippen LogP contribution is 2.29. The molecule has 0 N–H and O–H groups in total. The summed E-state index contributed by atoms with van der Waals surface area (Å²) in [6, 6.07) is 1.24. The molecular weight excluding hydrogens is 174 g/mol. The van der Waals surface area contributed by atoms with E-state index >= 15 is 0 Å². The van der Waals surface area contributed by atoms with Gasteiger partial charge < -0.3 is 4.79 Å². The van der Waals surface area contributed by atoms with Crippen molar-refractivity contribution in [3.63, 3.8) is 0 Å². The van der Waals surface area contributed by atoms with Crippen LogP contribution in [0, 0.1) is 5.41 Å². The molecule has 1 aliphatic rings. The van der Waals surface area contributed by atoms with Gasteiger partial charge in [-0.15, -0.1) is 0 Å². The maximum absolute atomic E-state index is 10.9. The summed E-state index contributed by atoms with van der Waals surface area (Å²) < 4.78 is 0. The van der Waals surface area contributed by atoms with Crippen LogP contribution in [0.2, 0.25) is 0 Å². The second-order valence-electron chi connectivity index (χ2n) is 5.44. The van der Waals surface area contributed by atoms with Crippen LogP contribution in [0.5, 0.6) is 0 Å². The number of hydrogen-bond donors (Lipinski definition) is 0. The number of carbonyl (C=O) groups is 1. The lowest BCUT2D eigenvalue weighted by Crippen LogP contribution is -2.38. The van der Waals surface area contributed by atoms with Crippen molar-refractivity contribution in [3.05, 3.63) is 0 Å². The van der Waals surface area contributed by atoms with Crippen molar-refractivity contribution in [2.75, 3.05) is 6.54 Å². The third-order valence-electron chi connectivity index (χ3n) is 3.17. The van der Waals surface area contributed by atoms with Crippen molar-refractivity contribution < 1.29 is 4.79 Å². The maximum atomic E-state index is 10.9. The van der Waals surface area contributed by atoms with Crippen molar-refractivity contribution in [2.45, 2.75) is 59.0 Å². The van der Waals surface area contributed by atoms with Gasteiger partial charge in [0.05, 0.1) is 0 Å². The fraction of sp³-hybridized carbons (Fsp3) is 0.917. The molecule has 0 spiro atoms. The summed E-state index contributed by atoms with van der Waals surface area (Å²) in [5, 5.41) is 0. The van der Waals surface area contributed by atoms with Gasteiger partial charge in [0.1, 0.15) is 6.29 Å². The molecule has 0 aromatic rings. The first-order valence-electron chi connectivity index (χ1n) is 5.68. The van der Waals surface area contributed by atoms with E-state index in [1.165, 1.54) is 19.4 Å². The summed E-state index contributed by atoms with van der Waals surface area (Å²) in [4.78, 5) is 13.4. The van der Waals surface area contributed by atoms with E-state index in [0.29, 0.717) is 12.1 Å². The molecule has 2 heteroatoms. The first kappa shape index (κ1) is 11.7. The Bertz CT molecular complexity index is 198. The second-order valence-corrected chi connectivity index (χ2v) is 5.44. The lowest BCUT2D eigenvalue weighted by Gasteiger charge is -2.32. The van der Waals surface area contributed by atoms with Gasteiger partial charge in [-0.2, -0.15) is 0 Å². The van der Waals surface area contributed by atoms with Crippen molar-refractivity contribution in [1.82, 2.24) is 4.90 Å². The maximum Gasteiger partial charge on any atom is 0.125 e. The second kappa shape index (κ2) is 4.43. The zero-order chi connectivity index (χ0) is 10.8. The zero-order valence-electron chi connectivity index (χ0n) is 9.92. The van der Waals surface area contributed by atoms with E-state index in [4.69, 9.17) is 0 Å². The van der Waals surface area contributed by atoms with Gasteiger partial charge in [-0.05, 0) is 39.7 Å². The van der Waals surface area contributed by atoms with E-state index in [2.05, 4.69) is 18.7 Å². The van der Waals surface area contributed by atoms with Gasteiger partial charge in [-0.1, -0.05) is 13.8 Å². The normalized spacial score (nSPS) is 24.5. The number of nitrogens with zero attached hydrogens (tertiary/aromatic N) is 1. The van der Waals surface area contributed by atoms with Crippen LogP contribution in [-0.4, -0.2) is 29.8 Å². The molecule has 14 heavy (non-hydrogen) atoms. The van der Waals surface area contributed by atoms with Gasteiger partial charge in [-0.3, -0.25) is 4.90 Å². The van der Waals surface area contributed by atoms with Gasteiger partial charge in [0.15, 0.2) is 0 Å². The standard InChI is InChI=1S/C12H23NO/c1-10(2)13-7-5-6-11(13)8-12(3,4)9-14/h9-11H,5-8H2,1-4H3/t11-/m0/s1. The summed E-state index contributed by atoms with van der Waals surface area (Å²) in [6.07, 6.45) is 4.66. The molecule has 0 aromatic carbocycles. The highest BCUT2D eigenvalue weighted by Gasteiger charge is 2.31. The molecular formula is C12H23NO. The van der Waals surface area contributed by atoms with Gasteiger partial charge in [0, 0.05) is 17.5 Å². The lowest BCUT2D eigenvalue weighted by atomic mass is 9.86. The molecule has 0 bridgehead atoms. The minimum Gasteiger partial charge on any atom is -0.303 e. The Morgan fingerprint density at radius 2 is 2.14 bits per heavy atom. The van der Waals surface area contributed by atoms with Gasteiger partial charge >= 0.3 is 0 Å². The van der Waals surface area contributed by atoms with E-state index in [9.17, 15) is 4.79 Å². The number of carbonyl (C=O) groups excluding carboxylic acids is 1. The summed E-state index contributed by atoms with van der Waals surface area (Å²) in [7, 11) is 0. The average molecular weight is 197 g/mol. The van der Waals surface area contributed by atoms with Crippen molar-refractivity contribution in [2.24, 2.45) is 5.41 Å². The molecule has 1 heterocycles. The van der Waals surface area contributed by atoms with Crippen LogP contribution in [-0.2, 0) is 4.79 Å². The summed E-state index contributed by atoms with van der Waals surface area (Å²) >= 11 is 0. The first-order valence-corrected chi connectivity index (χ1v) is 5.68. The predicted molar refractivity (Wildman–Crippen MR) is 59.3 cm³/mol. The SMILES string of the molecule is CC(C)N1CCC[C@H]1CC(C)(C)C=O. The summed E-state index contributed by atoms with van der Waals surface area (Å²) in [5.41, 5.74) is -0.151. The molecule has 1 saturated heterocycles. The quantitative estimate of drug-likeness (QED) is 0.645. The van der Waals surface area contributed by atoms with Crippen LogP contribution in [0.25, 0.3) is 0 Å². The number of likely N-dealkylation sites (tertiary alicyclic amines) is 1. The van der Waals surface area contributed by atoms with Gasteiger partial charge in [0.2, 0.25) is 0 Å². The number of rotatable bonds is 4. The summed E-state index contributed by atoms with van der Waals surface area (Å²) in [5.74, 6) is 0. The summed E-state index contributed by atoms with van der Waals surface area (Å²) in [6.45, 7) is 9.77. The molecule has 82 valence electrons. The highest BCUT2D eigenvalue weighted by molar-refractivity contribution is 5.57. The van der Waals surface area contributed by atoms with Gasteiger partial charge in [0.25, 0.3) is 0 Å². The Kier molecular flexibility index (Phi) is 3.71. The minimum atomic E-state index is -0.151. The Labute approximate surface area is 87.7 Å². The molecule has 0 aromatic heterocycles. The van der Waals surface area contributed by atoms with Crippen molar-refractivity contribution in [1.29, 1.82) is 0 Å². The number of aldehydes is 1. The fourth-order valence-electron chi connectivity index (χ4n) is 2.41. The monoisotopic (exact) mass is 197 g/mol. The highest BCUT2D eigenvalue weighted by atomic mass is 16.1. The third-order valence-corrected chi connectivity index (χ3v) is 3.17. The van der Waals surface area contributed by atoms with Crippen LogP contribution in [0.1, 0.15) is 47.0 Å². The van der Waals surface area contributed by atoms with Crippen LogP contribution >= 0.6 is 0 Å². The molecule has 0 radical (unpaired) electrons. The van der Waals surface area contributed by atoms with E-state index in [0.717, 1.165) is 12.7 Å². The Morgan fingerprint density at radius 3 is 2.64 bits per heavy atom. The van der Waals surface area contributed by atoms with E-state index in [1.54, 1.807) is 0 Å². The topological polar surface area (TPSA) is 20.3 Å². The van der Waals surface area contributed by atoms with Crippen molar-refractivity contribution >= 4 is 6.29 Å². The van der Waals surface area contributed by atoms with Crippen LogP contribution in [0.3, 0.4) is 0 Å². The minimum absolute atomic E-state index is 0.151. The number of hydrogen-bond acceptors (Lipinski definition) is 2. The smallest absolute Gasteiger partial charge is 0.125 e. The van der Waals surface area contributed by atoms with Crippen molar-refractivity contribution in [3.8, 4) is 0 Å². The molecule has 1 atom stereocenters. The Balaban J connectivity index is 2.55. The fourth-order valence-corrected chi connectivity index (χ4v) is 2.41. The molecule has 0 saturated carbocycles. The predicted octanol–water partition coefficient (Wildman–Crippen LogP) is 2.47.